The minimum absolute atomic E-state index is 0.107. The number of hydrogen-bond acceptors (Lipinski definition) is 5. The van der Waals surface area contributed by atoms with E-state index in [1.807, 2.05) is 0 Å². The Bertz CT molecular complexity index is 467. The van der Waals surface area contributed by atoms with Gasteiger partial charge in [-0.3, -0.25) is 19.2 Å². The molecular weight excluding hydrogens is 238 g/mol. The Morgan fingerprint density at radius 1 is 1.44 bits per heavy atom. The molecule has 0 fully saturated rings. The van der Waals surface area contributed by atoms with Crippen LogP contribution in [0.25, 0.3) is 0 Å². The summed E-state index contributed by atoms with van der Waals surface area (Å²) < 4.78 is 6.01. The molecule has 0 saturated heterocycles. The van der Waals surface area contributed by atoms with Crippen molar-refractivity contribution in [1.29, 1.82) is 0 Å². The lowest BCUT2D eigenvalue weighted by Crippen LogP contribution is -2.32. The van der Waals surface area contributed by atoms with Crippen LogP contribution in [0.2, 0.25) is 0 Å². The summed E-state index contributed by atoms with van der Waals surface area (Å²) in [6.45, 7) is 1.70. The highest BCUT2D eigenvalue weighted by Gasteiger charge is 2.22. The monoisotopic (exact) mass is 253 g/mol. The molecule has 0 unspecified atom stereocenters. The standard InChI is InChI=1S/C11H15N3O4/c1-4-18-11(17)8(15)7-10(16)13(2)9-5-6-12-14(9)3/h5-6H,4,7H2,1-3H3. The van der Waals surface area contributed by atoms with Gasteiger partial charge in [0, 0.05) is 20.2 Å². The van der Waals surface area contributed by atoms with E-state index in [4.69, 9.17) is 0 Å². The summed E-state index contributed by atoms with van der Waals surface area (Å²) in [6, 6.07) is 1.63. The fraction of sp³-hybridized carbons (Fsp3) is 0.455. The SMILES string of the molecule is CCOC(=O)C(=O)CC(=O)N(C)c1ccnn1C. The van der Waals surface area contributed by atoms with Gasteiger partial charge < -0.3 is 4.74 Å². The Labute approximate surface area is 104 Å². The number of anilines is 1. The van der Waals surface area contributed by atoms with Gasteiger partial charge in [0.15, 0.2) is 0 Å². The smallest absolute Gasteiger partial charge is 0.375 e. The number of ether oxygens (including phenoxy) is 1. The van der Waals surface area contributed by atoms with Gasteiger partial charge in [-0.15, -0.1) is 0 Å². The highest BCUT2D eigenvalue weighted by molar-refractivity contribution is 6.37. The summed E-state index contributed by atoms with van der Waals surface area (Å²) in [5.41, 5.74) is 0. The third-order valence-corrected chi connectivity index (χ3v) is 2.33. The van der Waals surface area contributed by atoms with Gasteiger partial charge in [-0.25, -0.2) is 4.79 Å². The average molecular weight is 253 g/mol. The zero-order valence-corrected chi connectivity index (χ0v) is 10.5. The van der Waals surface area contributed by atoms with Crippen LogP contribution in [0.3, 0.4) is 0 Å². The predicted molar refractivity (Wildman–Crippen MR) is 62.9 cm³/mol. The van der Waals surface area contributed by atoms with Crippen LogP contribution in [0.15, 0.2) is 12.3 Å². The van der Waals surface area contributed by atoms with Gasteiger partial charge in [0.1, 0.15) is 5.82 Å². The lowest BCUT2D eigenvalue weighted by atomic mass is 10.2. The van der Waals surface area contributed by atoms with E-state index in [1.54, 1.807) is 20.0 Å². The highest BCUT2D eigenvalue weighted by Crippen LogP contribution is 2.11. The number of ketones is 1. The molecule has 1 amide bonds. The molecule has 7 nitrogen and oxygen atoms in total. The van der Waals surface area contributed by atoms with Crippen LogP contribution in [0.5, 0.6) is 0 Å². The van der Waals surface area contributed by atoms with Gasteiger partial charge in [-0.05, 0) is 6.92 Å². The van der Waals surface area contributed by atoms with Gasteiger partial charge in [-0.1, -0.05) is 0 Å². The van der Waals surface area contributed by atoms with E-state index < -0.39 is 24.1 Å². The van der Waals surface area contributed by atoms with Crippen LogP contribution < -0.4 is 4.90 Å². The van der Waals surface area contributed by atoms with Gasteiger partial charge in [0.05, 0.1) is 19.2 Å². The first-order chi connectivity index (χ1) is 8.47. The Balaban J connectivity index is 2.64. The summed E-state index contributed by atoms with van der Waals surface area (Å²) in [7, 11) is 3.18. The van der Waals surface area contributed by atoms with E-state index in [0.717, 1.165) is 0 Å². The fourth-order valence-electron chi connectivity index (χ4n) is 1.36. The van der Waals surface area contributed by atoms with Crippen molar-refractivity contribution in [3.05, 3.63) is 12.3 Å². The predicted octanol–water partition coefficient (Wildman–Crippen LogP) is -0.0948. The Morgan fingerprint density at radius 2 is 2.11 bits per heavy atom. The molecule has 1 rings (SSSR count). The molecular formula is C11H15N3O4. The first kappa shape index (κ1) is 13.9. The largest absolute Gasteiger partial charge is 0.460 e. The van der Waals surface area contributed by atoms with Crippen LogP contribution in [0, 0.1) is 0 Å². The second-order valence-corrected chi connectivity index (χ2v) is 3.59. The molecule has 0 saturated carbocycles. The summed E-state index contributed by atoms with van der Waals surface area (Å²) >= 11 is 0. The second-order valence-electron chi connectivity index (χ2n) is 3.59. The third-order valence-electron chi connectivity index (χ3n) is 2.33. The fourth-order valence-corrected chi connectivity index (χ4v) is 1.36. The van der Waals surface area contributed by atoms with Gasteiger partial charge in [0.25, 0.3) is 0 Å². The molecule has 98 valence electrons. The summed E-state index contributed by atoms with van der Waals surface area (Å²) in [6.07, 6.45) is 1.02. The van der Waals surface area contributed by atoms with Gasteiger partial charge >= 0.3 is 5.97 Å². The van der Waals surface area contributed by atoms with Crippen molar-refractivity contribution < 1.29 is 19.1 Å². The van der Waals surface area contributed by atoms with Crippen LogP contribution in [-0.4, -0.2) is 41.1 Å². The zero-order valence-electron chi connectivity index (χ0n) is 10.5. The minimum Gasteiger partial charge on any atom is -0.460 e. The van der Waals surface area contributed by atoms with E-state index in [0.29, 0.717) is 5.82 Å². The molecule has 0 aliphatic rings. The van der Waals surface area contributed by atoms with Crippen molar-refractivity contribution in [3.8, 4) is 0 Å². The molecule has 1 heterocycles. The van der Waals surface area contributed by atoms with Crippen LogP contribution >= 0.6 is 0 Å². The minimum atomic E-state index is -0.982. The quantitative estimate of drug-likeness (QED) is 0.416. The number of hydrogen-bond donors (Lipinski definition) is 0. The number of aromatic nitrogens is 2. The van der Waals surface area contributed by atoms with Crippen molar-refractivity contribution in [2.45, 2.75) is 13.3 Å². The Hall–Kier alpha value is -2.18. The van der Waals surface area contributed by atoms with E-state index in [9.17, 15) is 14.4 Å². The van der Waals surface area contributed by atoms with Crippen LogP contribution in [0.1, 0.15) is 13.3 Å². The van der Waals surface area contributed by atoms with Crippen molar-refractivity contribution in [2.75, 3.05) is 18.6 Å². The molecule has 0 atom stereocenters. The Morgan fingerprint density at radius 3 is 2.61 bits per heavy atom. The third kappa shape index (κ3) is 3.16. The molecule has 0 aliphatic carbocycles. The van der Waals surface area contributed by atoms with Crippen molar-refractivity contribution in [3.63, 3.8) is 0 Å². The Kier molecular flexibility index (Phi) is 4.59. The first-order valence-corrected chi connectivity index (χ1v) is 5.41. The number of esters is 1. The van der Waals surface area contributed by atoms with Crippen molar-refractivity contribution >= 4 is 23.5 Å². The van der Waals surface area contributed by atoms with Crippen LogP contribution in [0.4, 0.5) is 5.82 Å². The zero-order chi connectivity index (χ0) is 13.7. The number of aryl methyl sites for hydroxylation is 1. The maximum Gasteiger partial charge on any atom is 0.375 e. The number of nitrogens with zero attached hydrogens (tertiary/aromatic N) is 3. The molecule has 0 spiro atoms. The second kappa shape index (κ2) is 5.95. The van der Waals surface area contributed by atoms with Gasteiger partial charge in [0.2, 0.25) is 11.7 Å². The molecule has 1 aromatic rings. The maximum absolute atomic E-state index is 11.8. The summed E-state index contributed by atoms with van der Waals surface area (Å²) in [4.78, 5) is 35.5. The first-order valence-electron chi connectivity index (χ1n) is 5.41. The van der Waals surface area contributed by atoms with Crippen LogP contribution in [-0.2, 0) is 26.2 Å². The van der Waals surface area contributed by atoms with E-state index >= 15 is 0 Å². The molecule has 1 aromatic heterocycles. The molecule has 18 heavy (non-hydrogen) atoms. The van der Waals surface area contributed by atoms with Gasteiger partial charge in [-0.2, -0.15) is 5.10 Å². The number of carbonyl (C=O) groups excluding carboxylic acids is 3. The summed E-state index contributed by atoms with van der Waals surface area (Å²) in [5, 5.41) is 3.91. The van der Waals surface area contributed by atoms with Crippen molar-refractivity contribution in [1.82, 2.24) is 9.78 Å². The lowest BCUT2D eigenvalue weighted by molar-refractivity contribution is -0.154. The normalized spacial score (nSPS) is 9.94. The molecule has 0 bridgehead atoms. The molecule has 0 aliphatic heterocycles. The number of carbonyl (C=O) groups is 3. The van der Waals surface area contributed by atoms with E-state index in [2.05, 4.69) is 9.84 Å². The lowest BCUT2D eigenvalue weighted by Gasteiger charge is -2.16. The summed E-state index contributed by atoms with van der Waals surface area (Å²) in [5.74, 6) is -1.78. The average Bonchev–Trinajstić information content (AvgIpc) is 2.74. The molecule has 0 radical (unpaired) electrons. The number of rotatable bonds is 5. The topological polar surface area (TPSA) is 81.5 Å². The van der Waals surface area contributed by atoms with Crippen molar-refractivity contribution in [2.24, 2.45) is 7.05 Å². The molecule has 0 N–H and O–H groups in total. The van der Waals surface area contributed by atoms with E-state index in [1.165, 1.54) is 22.8 Å². The molecule has 0 aromatic carbocycles. The maximum atomic E-state index is 11.8. The number of Topliss-reactive ketones (excluding diaryl/α,β-unsaturated/α-hetero) is 1. The highest BCUT2D eigenvalue weighted by atomic mass is 16.5. The van der Waals surface area contributed by atoms with E-state index in [-0.39, 0.29) is 6.61 Å². The molecule has 7 heteroatoms. The number of amides is 1.